The van der Waals surface area contributed by atoms with Crippen LogP contribution in [-0.4, -0.2) is 30.7 Å². The first-order chi connectivity index (χ1) is 13.4. The van der Waals surface area contributed by atoms with Crippen molar-refractivity contribution in [1.82, 2.24) is 4.90 Å². The van der Waals surface area contributed by atoms with E-state index in [1.54, 1.807) is 32.1 Å². The second kappa shape index (κ2) is 7.13. The molecule has 3 rings (SSSR count). The lowest BCUT2D eigenvalue weighted by Crippen LogP contribution is -2.49. The van der Waals surface area contributed by atoms with Crippen LogP contribution in [0.2, 0.25) is 0 Å². The standard InChI is InChI=1S/C20H19N5O3/c1-3-27-19(26)25-7-6-13-14(8-21)18(24)20(10-22,11-23)17(15(13)9-25)16-5-4-12(2)28-16/h4-6,15,17H,3,7,9,24H2,1-2H3/t15-,17+/m1/s1. The number of carbonyl (C=O) groups excluding carboxylic acids is 1. The van der Waals surface area contributed by atoms with Gasteiger partial charge in [0.1, 0.15) is 17.6 Å². The predicted molar refractivity (Wildman–Crippen MR) is 96.8 cm³/mol. The molecule has 8 nitrogen and oxygen atoms in total. The monoisotopic (exact) mass is 377 g/mol. The Morgan fingerprint density at radius 3 is 2.64 bits per heavy atom. The lowest BCUT2D eigenvalue weighted by atomic mass is 9.59. The fourth-order valence-corrected chi connectivity index (χ4v) is 3.97. The third kappa shape index (κ3) is 2.69. The van der Waals surface area contributed by atoms with Crippen molar-refractivity contribution in [3.8, 4) is 18.2 Å². The minimum Gasteiger partial charge on any atom is -0.466 e. The molecule has 0 spiro atoms. The fraction of sp³-hybridized carbons (Fsp3) is 0.400. The molecular weight excluding hydrogens is 358 g/mol. The first-order valence-electron chi connectivity index (χ1n) is 8.84. The SMILES string of the molecule is CCOC(=O)N1CC=C2C(C#N)=C(N)C(C#N)(C#N)[C@H](c3ccc(C)o3)[C@@H]2C1. The van der Waals surface area contributed by atoms with Crippen LogP contribution in [0.1, 0.15) is 24.4 Å². The number of hydrogen-bond donors (Lipinski definition) is 1. The van der Waals surface area contributed by atoms with E-state index >= 15 is 0 Å². The summed E-state index contributed by atoms with van der Waals surface area (Å²) >= 11 is 0. The molecule has 0 unspecified atom stereocenters. The number of hydrogen-bond acceptors (Lipinski definition) is 7. The molecule has 1 aromatic heterocycles. The van der Waals surface area contributed by atoms with E-state index in [4.69, 9.17) is 14.9 Å². The molecule has 1 aromatic rings. The second-order valence-electron chi connectivity index (χ2n) is 6.73. The third-order valence-corrected chi connectivity index (χ3v) is 5.26. The van der Waals surface area contributed by atoms with Gasteiger partial charge in [-0.3, -0.25) is 0 Å². The summed E-state index contributed by atoms with van der Waals surface area (Å²) < 4.78 is 10.9. The highest BCUT2D eigenvalue weighted by molar-refractivity contribution is 5.69. The van der Waals surface area contributed by atoms with Gasteiger partial charge in [0, 0.05) is 19.0 Å². The van der Waals surface area contributed by atoms with Crippen LogP contribution in [0.3, 0.4) is 0 Å². The summed E-state index contributed by atoms with van der Waals surface area (Å²) in [6.07, 6.45) is 1.24. The van der Waals surface area contributed by atoms with Crippen LogP contribution in [-0.2, 0) is 4.74 Å². The van der Waals surface area contributed by atoms with Crippen molar-refractivity contribution in [1.29, 1.82) is 15.8 Å². The molecule has 2 heterocycles. The maximum atomic E-state index is 12.3. The molecule has 142 valence electrons. The molecule has 1 aliphatic heterocycles. The number of furan rings is 1. The maximum absolute atomic E-state index is 12.3. The largest absolute Gasteiger partial charge is 0.466 e. The van der Waals surface area contributed by atoms with Crippen molar-refractivity contribution in [2.45, 2.75) is 19.8 Å². The quantitative estimate of drug-likeness (QED) is 0.834. The van der Waals surface area contributed by atoms with Gasteiger partial charge in [-0.15, -0.1) is 0 Å². The zero-order valence-electron chi connectivity index (χ0n) is 15.6. The molecule has 8 heteroatoms. The van der Waals surface area contributed by atoms with Gasteiger partial charge in [0.15, 0.2) is 5.41 Å². The lowest BCUT2D eigenvalue weighted by molar-refractivity contribution is 0.0985. The van der Waals surface area contributed by atoms with E-state index in [0.717, 1.165) is 0 Å². The van der Waals surface area contributed by atoms with Gasteiger partial charge < -0.3 is 19.8 Å². The molecule has 2 atom stereocenters. The van der Waals surface area contributed by atoms with Gasteiger partial charge in [-0.2, -0.15) is 15.8 Å². The Labute approximate surface area is 162 Å². The number of amides is 1. The Bertz CT molecular complexity index is 984. The molecule has 28 heavy (non-hydrogen) atoms. The number of allylic oxidation sites excluding steroid dienone is 2. The number of nitriles is 3. The predicted octanol–water partition coefficient (Wildman–Crippen LogP) is 2.47. The highest BCUT2D eigenvalue weighted by Gasteiger charge is 2.56. The van der Waals surface area contributed by atoms with Crippen molar-refractivity contribution in [3.63, 3.8) is 0 Å². The molecule has 0 fully saturated rings. The van der Waals surface area contributed by atoms with Gasteiger partial charge in [-0.25, -0.2) is 4.79 Å². The first kappa shape index (κ1) is 19.1. The molecule has 0 saturated carbocycles. The van der Waals surface area contributed by atoms with Crippen LogP contribution in [0, 0.1) is 52.2 Å². The highest BCUT2D eigenvalue weighted by atomic mass is 16.6. The van der Waals surface area contributed by atoms with Crippen LogP contribution in [0.5, 0.6) is 0 Å². The second-order valence-corrected chi connectivity index (χ2v) is 6.73. The van der Waals surface area contributed by atoms with Gasteiger partial charge in [0.2, 0.25) is 0 Å². The normalized spacial score (nSPS) is 23.0. The number of ether oxygens (including phenoxy) is 1. The molecular formula is C20H19N5O3. The number of aryl methyl sites for hydroxylation is 1. The molecule has 0 bridgehead atoms. The lowest BCUT2D eigenvalue weighted by Gasteiger charge is -2.44. The van der Waals surface area contributed by atoms with Crippen LogP contribution in [0.15, 0.2) is 39.5 Å². The van der Waals surface area contributed by atoms with Gasteiger partial charge in [-0.1, -0.05) is 6.08 Å². The third-order valence-electron chi connectivity index (χ3n) is 5.26. The average Bonchev–Trinajstić information content (AvgIpc) is 3.12. The first-order valence-corrected chi connectivity index (χ1v) is 8.84. The number of fused-ring (bicyclic) bond motifs is 1. The summed E-state index contributed by atoms with van der Waals surface area (Å²) in [5.74, 6) is -0.235. The van der Waals surface area contributed by atoms with E-state index < -0.39 is 23.3 Å². The molecule has 2 N–H and O–H groups in total. The zero-order valence-corrected chi connectivity index (χ0v) is 15.6. The van der Waals surface area contributed by atoms with Crippen molar-refractivity contribution < 1.29 is 13.9 Å². The smallest absolute Gasteiger partial charge is 0.410 e. The summed E-state index contributed by atoms with van der Waals surface area (Å²) in [5, 5.41) is 29.6. The molecule has 0 saturated heterocycles. The zero-order chi connectivity index (χ0) is 20.5. The summed E-state index contributed by atoms with van der Waals surface area (Å²) in [4.78, 5) is 13.7. The number of nitrogens with zero attached hydrogens (tertiary/aromatic N) is 4. The minimum atomic E-state index is -1.78. The van der Waals surface area contributed by atoms with Crippen LogP contribution < -0.4 is 5.73 Å². The van der Waals surface area contributed by atoms with Crippen LogP contribution in [0.25, 0.3) is 0 Å². The molecule has 0 radical (unpaired) electrons. The van der Waals surface area contributed by atoms with Crippen molar-refractivity contribution in [3.05, 3.63) is 46.6 Å². The Hall–Kier alpha value is -3.70. The highest BCUT2D eigenvalue weighted by Crippen LogP contribution is 2.54. The van der Waals surface area contributed by atoms with E-state index in [1.165, 1.54) is 4.90 Å². The van der Waals surface area contributed by atoms with Gasteiger partial charge in [0.25, 0.3) is 0 Å². The van der Waals surface area contributed by atoms with E-state index in [0.29, 0.717) is 17.1 Å². The van der Waals surface area contributed by atoms with Crippen molar-refractivity contribution in [2.24, 2.45) is 17.1 Å². The van der Waals surface area contributed by atoms with E-state index in [-0.39, 0.29) is 31.0 Å². The molecule has 0 aromatic carbocycles. The number of rotatable bonds is 2. The van der Waals surface area contributed by atoms with Gasteiger partial charge >= 0.3 is 6.09 Å². The number of nitrogens with two attached hydrogens (primary N) is 1. The molecule has 1 aliphatic carbocycles. The summed E-state index contributed by atoms with van der Waals surface area (Å²) in [6.45, 7) is 4.13. The van der Waals surface area contributed by atoms with Crippen LogP contribution >= 0.6 is 0 Å². The molecule has 1 amide bonds. The summed E-state index contributed by atoms with van der Waals surface area (Å²) in [6, 6.07) is 9.53. The Kier molecular flexibility index (Phi) is 4.86. The fourth-order valence-electron chi connectivity index (χ4n) is 3.97. The Morgan fingerprint density at radius 1 is 1.39 bits per heavy atom. The minimum absolute atomic E-state index is 0.0777. The topological polar surface area (TPSA) is 140 Å². The maximum Gasteiger partial charge on any atom is 0.410 e. The molecule has 2 aliphatic rings. The summed E-state index contributed by atoms with van der Waals surface area (Å²) in [5.41, 5.74) is 5.08. The van der Waals surface area contributed by atoms with E-state index in [2.05, 4.69) is 0 Å². The summed E-state index contributed by atoms with van der Waals surface area (Å²) in [7, 11) is 0. The Morgan fingerprint density at radius 2 is 2.11 bits per heavy atom. The Balaban J connectivity index is 2.22. The van der Waals surface area contributed by atoms with Crippen molar-refractivity contribution in [2.75, 3.05) is 19.7 Å². The van der Waals surface area contributed by atoms with Gasteiger partial charge in [-0.05, 0) is 31.6 Å². The van der Waals surface area contributed by atoms with E-state index in [1.807, 2.05) is 18.2 Å². The van der Waals surface area contributed by atoms with E-state index in [9.17, 15) is 20.6 Å². The number of carbonyl (C=O) groups is 1. The average molecular weight is 377 g/mol. The van der Waals surface area contributed by atoms with Crippen LogP contribution in [0.4, 0.5) is 4.79 Å². The van der Waals surface area contributed by atoms with Crippen molar-refractivity contribution >= 4 is 6.09 Å². The van der Waals surface area contributed by atoms with Gasteiger partial charge in [0.05, 0.1) is 35.9 Å².